The smallest absolute Gasteiger partial charge is 0.222 e. The molecule has 1 saturated heterocycles. The molecule has 1 unspecified atom stereocenters. The Morgan fingerprint density at radius 2 is 2.12 bits per heavy atom. The monoisotopic (exact) mass is 473 g/mol. The third-order valence-electron chi connectivity index (χ3n) is 4.58. The summed E-state index contributed by atoms with van der Waals surface area (Å²) >= 11 is 0. The Kier molecular flexibility index (Phi) is 9.18. The second kappa shape index (κ2) is 10.6. The molecule has 2 rings (SSSR count). The van der Waals surface area contributed by atoms with Crippen LogP contribution in [0.25, 0.3) is 0 Å². The largest absolute Gasteiger partial charge is 0.377 e. The summed E-state index contributed by atoms with van der Waals surface area (Å²) in [6.07, 6.45) is 1.53. The normalized spacial score (nSPS) is 16.9. The van der Waals surface area contributed by atoms with Crippen LogP contribution >= 0.6 is 24.0 Å². The van der Waals surface area contributed by atoms with Crippen molar-refractivity contribution in [3.05, 3.63) is 29.3 Å². The molecule has 0 aromatic heterocycles. The minimum absolute atomic E-state index is 0. The van der Waals surface area contributed by atoms with Gasteiger partial charge in [0.1, 0.15) is 0 Å². The standard InChI is InChI=1S/C19H31N5O.HI/c1-6-18(25)24-10-9-16(13-24)22-19(20-3)21-12-15-8-7-14(2)11-17(15)23(4)5;/h7-8,11,16H,6,9-10,12-13H2,1-5H3,(H2,20,21,22);1H. The number of aliphatic imine (C=N–C) groups is 1. The van der Waals surface area contributed by atoms with Gasteiger partial charge in [0.05, 0.1) is 0 Å². The minimum Gasteiger partial charge on any atom is -0.377 e. The fraction of sp³-hybridized carbons (Fsp3) is 0.579. The first-order valence-corrected chi connectivity index (χ1v) is 8.96. The number of guanidine groups is 1. The average molecular weight is 473 g/mol. The second-order valence-electron chi connectivity index (χ2n) is 6.78. The van der Waals surface area contributed by atoms with Crippen molar-refractivity contribution in [2.75, 3.05) is 39.1 Å². The number of likely N-dealkylation sites (tertiary alicyclic amines) is 1. The van der Waals surface area contributed by atoms with Crippen LogP contribution in [-0.2, 0) is 11.3 Å². The lowest BCUT2D eigenvalue weighted by molar-refractivity contribution is -0.129. The molecule has 1 aromatic carbocycles. The molecule has 7 heteroatoms. The van der Waals surface area contributed by atoms with Crippen molar-refractivity contribution < 1.29 is 4.79 Å². The number of aryl methyl sites for hydroxylation is 1. The van der Waals surface area contributed by atoms with Crippen molar-refractivity contribution in [1.82, 2.24) is 15.5 Å². The number of carbonyl (C=O) groups excluding carboxylic acids is 1. The average Bonchev–Trinajstić information content (AvgIpc) is 3.07. The van der Waals surface area contributed by atoms with Crippen molar-refractivity contribution in [2.24, 2.45) is 4.99 Å². The van der Waals surface area contributed by atoms with Gasteiger partial charge in [-0.1, -0.05) is 19.1 Å². The van der Waals surface area contributed by atoms with Gasteiger partial charge in [-0.3, -0.25) is 9.79 Å². The van der Waals surface area contributed by atoms with E-state index < -0.39 is 0 Å². The van der Waals surface area contributed by atoms with Gasteiger partial charge in [-0.2, -0.15) is 0 Å². The lowest BCUT2D eigenvalue weighted by Gasteiger charge is -2.21. The van der Waals surface area contributed by atoms with Crippen molar-refractivity contribution >= 4 is 41.5 Å². The molecule has 26 heavy (non-hydrogen) atoms. The van der Waals surface area contributed by atoms with Gasteiger partial charge in [0.2, 0.25) is 5.91 Å². The van der Waals surface area contributed by atoms with E-state index in [9.17, 15) is 4.79 Å². The molecular weight excluding hydrogens is 441 g/mol. The van der Waals surface area contributed by atoms with Gasteiger partial charge in [-0.25, -0.2) is 0 Å². The molecule has 1 atom stereocenters. The van der Waals surface area contributed by atoms with Gasteiger partial charge in [0.25, 0.3) is 0 Å². The van der Waals surface area contributed by atoms with Gasteiger partial charge in [0.15, 0.2) is 5.96 Å². The van der Waals surface area contributed by atoms with E-state index in [2.05, 4.69) is 59.7 Å². The number of benzene rings is 1. The lowest BCUT2D eigenvalue weighted by Crippen LogP contribution is -2.44. The van der Waals surface area contributed by atoms with E-state index in [1.807, 2.05) is 11.8 Å². The van der Waals surface area contributed by atoms with Crippen LogP contribution in [0.2, 0.25) is 0 Å². The van der Waals surface area contributed by atoms with Crippen molar-refractivity contribution in [3.63, 3.8) is 0 Å². The van der Waals surface area contributed by atoms with Gasteiger partial charge >= 0.3 is 0 Å². The maximum Gasteiger partial charge on any atom is 0.222 e. The van der Waals surface area contributed by atoms with Crippen LogP contribution in [0.15, 0.2) is 23.2 Å². The number of hydrogen-bond acceptors (Lipinski definition) is 3. The number of amides is 1. The summed E-state index contributed by atoms with van der Waals surface area (Å²) in [6, 6.07) is 6.74. The number of nitrogens with zero attached hydrogens (tertiary/aromatic N) is 3. The van der Waals surface area contributed by atoms with Gasteiger partial charge in [0, 0.05) is 58.9 Å². The summed E-state index contributed by atoms with van der Waals surface area (Å²) < 4.78 is 0. The predicted molar refractivity (Wildman–Crippen MR) is 120 cm³/mol. The minimum atomic E-state index is 0. The first kappa shape index (κ1) is 22.5. The number of anilines is 1. The fourth-order valence-corrected chi connectivity index (χ4v) is 3.13. The third-order valence-corrected chi connectivity index (χ3v) is 4.58. The summed E-state index contributed by atoms with van der Waals surface area (Å²) in [5.74, 6) is 1.00. The highest BCUT2D eigenvalue weighted by Crippen LogP contribution is 2.20. The Balaban J connectivity index is 0.00000338. The first-order chi connectivity index (χ1) is 11.9. The number of halogens is 1. The molecule has 1 fully saturated rings. The third kappa shape index (κ3) is 6.03. The molecule has 0 bridgehead atoms. The van der Waals surface area contributed by atoms with Gasteiger partial charge < -0.3 is 20.4 Å². The Hall–Kier alpha value is -1.51. The zero-order valence-electron chi connectivity index (χ0n) is 16.5. The highest BCUT2D eigenvalue weighted by molar-refractivity contribution is 14.0. The Morgan fingerprint density at radius 3 is 2.73 bits per heavy atom. The fourth-order valence-electron chi connectivity index (χ4n) is 3.13. The van der Waals surface area contributed by atoms with Crippen LogP contribution in [0.4, 0.5) is 5.69 Å². The van der Waals surface area contributed by atoms with E-state index in [4.69, 9.17) is 0 Å². The summed E-state index contributed by atoms with van der Waals surface area (Å²) in [5.41, 5.74) is 3.69. The summed E-state index contributed by atoms with van der Waals surface area (Å²) in [7, 11) is 5.90. The van der Waals surface area contributed by atoms with Crippen molar-refractivity contribution in [2.45, 2.75) is 39.3 Å². The molecule has 146 valence electrons. The Labute approximate surface area is 174 Å². The molecular formula is C19H32IN5O. The second-order valence-corrected chi connectivity index (χ2v) is 6.78. The molecule has 2 N–H and O–H groups in total. The van der Waals surface area contributed by atoms with Crippen LogP contribution in [0.1, 0.15) is 30.9 Å². The van der Waals surface area contributed by atoms with Crippen molar-refractivity contribution in [1.29, 1.82) is 0 Å². The van der Waals surface area contributed by atoms with E-state index in [-0.39, 0.29) is 35.9 Å². The zero-order chi connectivity index (χ0) is 18.4. The molecule has 6 nitrogen and oxygen atoms in total. The van der Waals surface area contributed by atoms with Crippen LogP contribution in [0.3, 0.4) is 0 Å². The van der Waals surface area contributed by atoms with E-state index >= 15 is 0 Å². The maximum atomic E-state index is 11.8. The zero-order valence-corrected chi connectivity index (χ0v) is 18.8. The maximum absolute atomic E-state index is 11.8. The Morgan fingerprint density at radius 1 is 1.38 bits per heavy atom. The Bertz CT molecular complexity index is 632. The van der Waals surface area contributed by atoms with Crippen LogP contribution in [-0.4, -0.2) is 57.0 Å². The van der Waals surface area contributed by atoms with Crippen LogP contribution in [0.5, 0.6) is 0 Å². The quantitative estimate of drug-likeness (QED) is 0.392. The van der Waals surface area contributed by atoms with E-state index in [0.717, 1.165) is 25.5 Å². The molecule has 0 aliphatic carbocycles. The van der Waals surface area contributed by atoms with Crippen LogP contribution in [0, 0.1) is 6.92 Å². The summed E-state index contributed by atoms with van der Waals surface area (Å²) in [4.78, 5) is 20.2. The van der Waals surface area contributed by atoms with Crippen molar-refractivity contribution in [3.8, 4) is 0 Å². The molecule has 0 spiro atoms. The van der Waals surface area contributed by atoms with E-state index in [0.29, 0.717) is 13.0 Å². The summed E-state index contributed by atoms with van der Waals surface area (Å²) in [5, 5.41) is 6.83. The molecule has 0 saturated carbocycles. The number of hydrogen-bond donors (Lipinski definition) is 2. The topological polar surface area (TPSA) is 60.0 Å². The molecule has 1 aliphatic heterocycles. The number of nitrogens with one attached hydrogen (secondary N) is 2. The van der Waals surface area contributed by atoms with Gasteiger partial charge in [-0.05, 0) is 30.5 Å². The highest BCUT2D eigenvalue weighted by atomic mass is 127. The molecule has 1 heterocycles. The molecule has 0 radical (unpaired) electrons. The first-order valence-electron chi connectivity index (χ1n) is 8.96. The predicted octanol–water partition coefficient (Wildman–Crippen LogP) is 2.35. The van der Waals surface area contributed by atoms with E-state index in [1.54, 1.807) is 7.05 Å². The highest BCUT2D eigenvalue weighted by Gasteiger charge is 2.25. The van der Waals surface area contributed by atoms with Crippen LogP contribution < -0.4 is 15.5 Å². The SMILES string of the molecule is CCC(=O)N1CCC(NC(=NC)NCc2ccc(C)cc2N(C)C)C1.I. The summed E-state index contributed by atoms with van der Waals surface area (Å²) in [6.45, 7) is 6.30. The molecule has 1 aliphatic rings. The van der Waals surface area contributed by atoms with Gasteiger partial charge in [-0.15, -0.1) is 24.0 Å². The molecule has 1 amide bonds. The van der Waals surface area contributed by atoms with E-state index in [1.165, 1.54) is 16.8 Å². The lowest BCUT2D eigenvalue weighted by atomic mass is 10.1. The number of carbonyl (C=O) groups is 1. The molecule has 1 aromatic rings. The number of rotatable bonds is 5.